The fourth-order valence-corrected chi connectivity index (χ4v) is 1.55. The van der Waals surface area contributed by atoms with E-state index in [2.05, 4.69) is 15.3 Å². The molecule has 4 heteroatoms. The lowest BCUT2D eigenvalue weighted by Crippen LogP contribution is -2.16. The minimum atomic E-state index is 0.357. The van der Waals surface area contributed by atoms with Crippen molar-refractivity contribution < 1.29 is 0 Å². The van der Waals surface area contributed by atoms with Gasteiger partial charge in [-0.05, 0) is 30.1 Å². The van der Waals surface area contributed by atoms with Crippen LogP contribution in [0.25, 0.3) is 0 Å². The van der Waals surface area contributed by atoms with Crippen molar-refractivity contribution >= 4 is 11.6 Å². The summed E-state index contributed by atoms with van der Waals surface area (Å²) in [4.78, 5) is 8.15. The van der Waals surface area contributed by atoms with Gasteiger partial charge in [0.1, 0.15) is 0 Å². The number of nitrogens with zero attached hydrogens (tertiary/aromatic N) is 2. The first kappa shape index (κ1) is 7.95. The standard InChI is InChI=1S/C8H10ClN3/c9-8-11-5-6-1-3-10-4-2-7(6)12-8/h5,10H,1-4H2. The van der Waals surface area contributed by atoms with Crippen LogP contribution < -0.4 is 5.32 Å². The molecule has 1 N–H and O–H groups in total. The van der Waals surface area contributed by atoms with Gasteiger partial charge < -0.3 is 5.32 Å². The van der Waals surface area contributed by atoms with Gasteiger partial charge in [0, 0.05) is 24.9 Å². The zero-order chi connectivity index (χ0) is 8.39. The molecule has 0 amide bonds. The van der Waals surface area contributed by atoms with Gasteiger partial charge >= 0.3 is 0 Å². The van der Waals surface area contributed by atoms with Crippen LogP contribution in [0.5, 0.6) is 0 Å². The zero-order valence-electron chi connectivity index (χ0n) is 6.68. The molecule has 0 unspecified atom stereocenters. The Hall–Kier alpha value is -0.670. The molecular weight excluding hydrogens is 174 g/mol. The Bertz CT molecular complexity index is 288. The maximum atomic E-state index is 5.69. The van der Waals surface area contributed by atoms with Gasteiger partial charge in [0.2, 0.25) is 5.28 Å². The Balaban J connectivity index is 2.36. The summed E-state index contributed by atoms with van der Waals surface area (Å²) in [5.74, 6) is 0. The summed E-state index contributed by atoms with van der Waals surface area (Å²) in [6.45, 7) is 2.00. The third-order valence-corrected chi connectivity index (χ3v) is 2.22. The van der Waals surface area contributed by atoms with Crippen molar-refractivity contribution in [2.75, 3.05) is 13.1 Å². The SMILES string of the molecule is Clc1ncc2c(n1)CCNCC2. The normalized spacial score (nSPS) is 16.8. The van der Waals surface area contributed by atoms with E-state index >= 15 is 0 Å². The molecular formula is C8H10ClN3. The second kappa shape index (κ2) is 3.37. The van der Waals surface area contributed by atoms with E-state index in [0.717, 1.165) is 31.6 Å². The van der Waals surface area contributed by atoms with Crippen LogP contribution in [-0.2, 0) is 12.8 Å². The highest BCUT2D eigenvalue weighted by molar-refractivity contribution is 6.28. The van der Waals surface area contributed by atoms with Gasteiger partial charge in [-0.1, -0.05) is 0 Å². The Morgan fingerprint density at radius 1 is 1.33 bits per heavy atom. The van der Waals surface area contributed by atoms with Crippen LogP contribution in [0.4, 0.5) is 0 Å². The number of aromatic nitrogens is 2. The zero-order valence-corrected chi connectivity index (χ0v) is 7.43. The number of fused-ring (bicyclic) bond motifs is 1. The Morgan fingerprint density at radius 3 is 3.08 bits per heavy atom. The molecule has 0 saturated heterocycles. The van der Waals surface area contributed by atoms with Crippen molar-refractivity contribution in [3.05, 3.63) is 22.7 Å². The maximum absolute atomic E-state index is 5.69. The molecule has 0 atom stereocenters. The van der Waals surface area contributed by atoms with E-state index in [-0.39, 0.29) is 0 Å². The van der Waals surface area contributed by atoms with Crippen LogP contribution in [0.15, 0.2) is 6.20 Å². The summed E-state index contributed by atoms with van der Waals surface area (Å²) >= 11 is 5.69. The second-order valence-corrected chi connectivity index (χ2v) is 3.20. The summed E-state index contributed by atoms with van der Waals surface area (Å²) in [5.41, 5.74) is 2.32. The molecule has 64 valence electrons. The largest absolute Gasteiger partial charge is 0.316 e. The minimum Gasteiger partial charge on any atom is -0.316 e. The fourth-order valence-electron chi connectivity index (χ4n) is 1.40. The number of hydrogen-bond donors (Lipinski definition) is 1. The summed E-state index contributed by atoms with van der Waals surface area (Å²) in [6, 6.07) is 0. The van der Waals surface area contributed by atoms with Gasteiger partial charge in [0.25, 0.3) is 0 Å². The van der Waals surface area contributed by atoms with Gasteiger partial charge in [-0.3, -0.25) is 0 Å². The lowest BCUT2D eigenvalue weighted by Gasteiger charge is -2.01. The summed E-state index contributed by atoms with van der Waals surface area (Å²) < 4.78 is 0. The average Bonchev–Trinajstić information content (AvgIpc) is 2.28. The first-order valence-electron chi connectivity index (χ1n) is 4.07. The third-order valence-electron chi connectivity index (χ3n) is 2.03. The molecule has 2 rings (SSSR count). The molecule has 0 aliphatic carbocycles. The average molecular weight is 184 g/mol. The molecule has 0 spiro atoms. The Kier molecular flexibility index (Phi) is 2.23. The van der Waals surface area contributed by atoms with Gasteiger partial charge in [-0.2, -0.15) is 0 Å². The van der Waals surface area contributed by atoms with E-state index in [1.165, 1.54) is 5.56 Å². The topological polar surface area (TPSA) is 37.8 Å². The van der Waals surface area contributed by atoms with E-state index in [1.54, 1.807) is 0 Å². The molecule has 1 aliphatic rings. The molecule has 2 heterocycles. The molecule has 0 bridgehead atoms. The molecule has 0 aromatic carbocycles. The van der Waals surface area contributed by atoms with E-state index in [0.29, 0.717) is 5.28 Å². The molecule has 1 aromatic heterocycles. The van der Waals surface area contributed by atoms with Crippen LogP contribution in [-0.4, -0.2) is 23.1 Å². The smallest absolute Gasteiger partial charge is 0.222 e. The van der Waals surface area contributed by atoms with Crippen molar-refractivity contribution in [1.82, 2.24) is 15.3 Å². The third kappa shape index (κ3) is 1.57. The lowest BCUT2D eigenvalue weighted by molar-refractivity contribution is 0.708. The van der Waals surface area contributed by atoms with Crippen molar-refractivity contribution in [1.29, 1.82) is 0 Å². The fraction of sp³-hybridized carbons (Fsp3) is 0.500. The van der Waals surface area contributed by atoms with Crippen molar-refractivity contribution in [2.24, 2.45) is 0 Å². The molecule has 0 fully saturated rings. The number of hydrogen-bond acceptors (Lipinski definition) is 3. The van der Waals surface area contributed by atoms with Crippen LogP contribution in [0.1, 0.15) is 11.3 Å². The monoisotopic (exact) mass is 183 g/mol. The first-order valence-corrected chi connectivity index (χ1v) is 4.45. The van der Waals surface area contributed by atoms with Crippen LogP contribution >= 0.6 is 11.6 Å². The van der Waals surface area contributed by atoms with Gasteiger partial charge in [-0.15, -0.1) is 0 Å². The molecule has 0 saturated carbocycles. The van der Waals surface area contributed by atoms with Crippen molar-refractivity contribution in [2.45, 2.75) is 12.8 Å². The maximum Gasteiger partial charge on any atom is 0.222 e. The highest BCUT2D eigenvalue weighted by Gasteiger charge is 2.08. The molecule has 0 radical (unpaired) electrons. The van der Waals surface area contributed by atoms with Gasteiger partial charge in [-0.25, -0.2) is 9.97 Å². The summed E-state index contributed by atoms with van der Waals surface area (Å²) in [6.07, 6.45) is 3.79. The quantitative estimate of drug-likeness (QED) is 0.606. The van der Waals surface area contributed by atoms with E-state index in [4.69, 9.17) is 11.6 Å². The lowest BCUT2D eigenvalue weighted by atomic mass is 10.1. The predicted molar refractivity (Wildman–Crippen MR) is 47.3 cm³/mol. The first-order chi connectivity index (χ1) is 5.86. The number of nitrogens with one attached hydrogen (secondary N) is 1. The minimum absolute atomic E-state index is 0.357. The van der Waals surface area contributed by atoms with Gasteiger partial charge in [0.15, 0.2) is 0 Å². The summed E-state index contributed by atoms with van der Waals surface area (Å²) in [5, 5.41) is 3.66. The van der Waals surface area contributed by atoms with Crippen molar-refractivity contribution in [3.63, 3.8) is 0 Å². The Morgan fingerprint density at radius 2 is 2.17 bits per heavy atom. The highest BCUT2D eigenvalue weighted by Crippen LogP contribution is 2.11. The molecule has 3 nitrogen and oxygen atoms in total. The van der Waals surface area contributed by atoms with Crippen LogP contribution in [0.2, 0.25) is 5.28 Å². The van der Waals surface area contributed by atoms with E-state index in [9.17, 15) is 0 Å². The van der Waals surface area contributed by atoms with Crippen molar-refractivity contribution in [3.8, 4) is 0 Å². The molecule has 1 aromatic rings. The molecule has 1 aliphatic heterocycles. The van der Waals surface area contributed by atoms with E-state index < -0.39 is 0 Å². The summed E-state index contributed by atoms with van der Waals surface area (Å²) in [7, 11) is 0. The van der Waals surface area contributed by atoms with Crippen LogP contribution in [0, 0.1) is 0 Å². The van der Waals surface area contributed by atoms with Gasteiger partial charge in [0.05, 0.1) is 0 Å². The predicted octanol–water partition coefficient (Wildman–Crippen LogP) is 0.818. The molecule has 12 heavy (non-hydrogen) atoms. The van der Waals surface area contributed by atoms with E-state index in [1.807, 2.05) is 6.20 Å². The Labute approximate surface area is 76.2 Å². The highest BCUT2D eigenvalue weighted by atomic mass is 35.5. The number of rotatable bonds is 0. The number of halogens is 1. The second-order valence-electron chi connectivity index (χ2n) is 2.86. The van der Waals surface area contributed by atoms with Crippen LogP contribution in [0.3, 0.4) is 0 Å².